The van der Waals surface area contributed by atoms with E-state index in [9.17, 15) is 22.8 Å². The normalized spacial score (nSPS) is 15.9. The first-order chi connectivity index (χ1) is 16.2. The van der Waals surface area contributed by atoms with E-state index in [0.29, 0.717) is 27.5 Å². The van der Waals surface area contributed by atoms with Gasteiger partial charge in [0.05, 0.1) is 28.9 Å². The molecule has 34 heavy (non-hydrogen) atoms. The third-order valence-corrected chi connectivity index (χ3v) is 5.47. The summed E-state index contributed by atoms with van der Waals surface area (Å²) in [5, 5.41) is 10.3. The number of nitrogens with one attached hydrogen (secondary N) is 2. The number of para-hydroxylation sites is 1. The molecule has 1 fully saturated rings. The number of alkyl halides is 3. The Kier molecular flexibility index (Phi) is 6.90. The zero-order valence-electron chi connectivity index (χ0n) is 17.7. The van der Waals surface area contributed by atoms with Gasteiger partial charge in [-0.2, -0.15) is 13.2 Å². The van der Waals surface area contributed by atoms with Crippen LogP contribution < -0.4 is 10.6 Å². The van der Waals surface area contributed by atoms with Gasteiger partial charge in [0.15, 0.2) is 5.82 Å². The molecule has 2 heterocycles. The standard InChI is InChI=1S/C23H20ClF3N4O3/c24-17-6-1-2-7-18(17)31-19(10-20(30-31)29-22(33)16-9-21(32)28-11-16)15-5-3-4-14(8-15)12-34-13-23(25,26)27/h1-8,10,16H,9,11-13H2,(H,28,32)(H,29,30,33)/t16-/m0/s1. The smallest absolute Gasteiger partial charge is 0.367 e. The number of carbonyl (C=O) groups is 2. The van der Waals surface area contributed by atoms with Gasteiger partial charge in [-0.25, -0.2) is 4.68 Å². The Labute approximate surface area is 197 Å². The molecule has 0 bridgehead atoms. The first-order valence-corrected chi connectivity index (χ1v) is 10.7. The van der Waals surface area contributed by atoms with E-state index in [1.807, 2.05) is 0 Å². The number of benzene rings is 2. The Morgan fingerprint density at radius 1 is 1.21 bits per heavy atom. The molecule has 0 radical (unpaired) electrons. The van der Waals surface area contributed by atoms with Gasteiger partial charge in [-0.3, -0.25) is 9.59 Å². The minimum atomic E-state index is -4.41. The zero-order valence-corrected chi connectivity index (χ0v) is 18.5. The summed E-state index contributed by atoms with van der Waals surface area (Å²) < 4.78 is 43.6. The summed E-state index contributed by atoms with van der Waals surface area (Å²) in [7, 11) is 0. The lowest BCUT2D eigenvalue weighted by atomic mass is 10.1. The van der Waals surface area contributed by atoms with Crippen LogP contribution in [0.15, 0.2) is 54.6 Å². The molecule has 3 aromatic rings. The molecule has 178 valence electrons. The average Bonchev–Trinajstić information content (AvgIpc) is 3.40. The van der Waals surface area contributed by atoms with Gasteiger partial charge in [0.1, 0.15) is 6.61 Å². The van der Waals surface area contributed by atoms with Crippen LogP contribution in [0.5, 0.6) is 0 Å². The number of nitrogens with zero attached hydrogens (tertiary/aromatic N) is 2. The van der Waals surface area contributed by atoms with E-state index in [1.54, 1.807) is 59.3 Å². The lowest BCUT2D eigenvalue weighted by Crippen LogP contribution is -2.24. The van der Waals surface area contributed by atoms with Crippen LogP contribution in [0.2, 0.25) is 5.02 Å². The van der Waals surface area contributed by atoms with Crippen molar-refractivity contribution >= 4 is 29.2 Å². The monoisotopic (exact) mass is 492 g/mol. The molecule has 1 aliphatic heterocycles. The van der Waals surface area contributed by atoms with Crippen molar-refractivity contribution in [1.82, 2.24) is 15.1 Å². The summed E-state index contributed by atoms with van der Waals surface area (Å²) in [6.45, 7) is -1.31. The van der Waals surface area contributed by atoms with Crippen molar-refractivity contribution in [2.24, 2.45) is 5.92 Å². The van der Waals surface area contributed by atoms with Gasteiger partial charge < -0.3 is 15.4 Å². The first-order valence-electron chi connectivity index (χ1n) is 10.4. The number of hydrogen-bond acceptors (Lipinski definition) is 4. The third-order valence-electron chi connectivity index (χ3n) is 5.15. The number of hydrogen-bond donors (Lipinski definition) is 2. The van der Waals surface area contributed by atoms with Crippen LogP contribution in [0.25, 0.3) is 16.9 Å². The fourth-order valence-corrected chi connectivity index (χ4v) is 3.79. The van der Waals surface area contributed by atoms with Crippen LogP contribution in [-0.2, 0) is 20.9 Å². The Balaban J connectivity index is 1.64. The van der Waals surface area contributed by atoms with Crippen LogP contribution in [0.4, 0.5) is 19.0 Å². The lowest BCUT2D eigenvalue weighted by Gasteiger charge is -2.11. The summed E-state index contributed by atoms with van der Waals surface area (Å²) in [6, 6.07) is 15.4. The molecule has 2 amide bonds. The summed E-state index contributed by atoms with van der Waals surface area (Å²) in [5.41, 5.74) is 2.28. The summed E-state index contributed by atoms with van der Waals surface area (Å²) in [4.78, 5) is 24.0. The van der Waals surface area contributed by atoms with Crippen molar-refractivity contribution < 1.29 is 27.5 Å². The molecule has 1 saturated heterocycles. The Morgan fingerprint density at radius 3 is 2.71 bits per heavy atom. The number of rotatable bonds is 7. The lowest BCUT2D eigenvalue weighted by molar-refractivity contribution is -0.176. The Hall–Kier alpha value is -3.37. The highest BCUT2D eigenvalue weighted by Gasteiger charge is 2.29. The first kappa shape index (κ1) is 23.8. The zero-order chi connectivity index (χ0) is 24.3. The van der Waals surface area contributed by atoms with Crippen LogP contribution in [0.3, 0.4) is 0 Å². The van der Waals surface area contributed by atoms with E-state index in [0.717, 1.165) is 0 Å². The molecule has 1 atom stereocenters. The van der Waals surface area contributed by atoms with Crippen molar-refractivity contribution in [3.8, 4) is 16.9 Å². The quantitative estimate of drug-likeness (QED) is 0.513. The third kappa shape index (κ3) is 5.75. The number of anilines is 1. The van der Waals surface area contributed by atoms with Gasteiger partial charge in [0, 0.05) is 24.6 Å². The van der Waals surface area contributed by atoms with Crippen molar-refractivity contribution in [2.75, 3.05) is 18.5 Å². The molecule has 1 aliphatic rings. The molecule has 1 aromatic heterocycles. The number of ether oxygens (including phenoxy) is 1. The molecule has 0 saturated carbocycles. The molecule has 11 heteroatoms. The molecular formula is C23H20ClF3N4O3. The van der Waals surface area contributed by atoms with E-state index in [2.05, 4.69) is 15.7 Å². The number of aromatic nitrogens is 2. The predicted molar refractivity (Wildman–Crippen MR) is 119 cm³/mol. The van der Waals surface area contributed by atoms with Gasteiger partial charge in [-0.05, 0) is 23.8 Å². The number of halogens is 4. The predicted octanol–water partition coefficient (Wildman–Crippen LogP) is 4.35. The second-order valence-electron chi connectivity index (χ2n) is 7.78. The van der Waals surface area contributed by atoms with E-state index in [4.69, 9.17) is 16.3 Å². The fourth-order valence-electron chi connectivity index (χ4n) is 3.58. The van der Waals surface area contributed by atoms with Crippen LogP contribution >= 0.6 is 11.6 Å². The van der Waals surface area contributed by atoms with Gasteiger partial charge in [-0.1, -0.05) is 41.9 Å². The summed E-state index contributed by atoms with van der Waals surface area (Å²) in [6.07, 6.45) is -4.31. The highest BCUT2D eigenvalue weighted by molar-refractivity contribution is 6.32. The van der Waals surface area contributed by atoms with Crippen molar-refractivity contribution in [3.63, 3.8) is 0 Å². The van der Waals surface area contributed by atoms with E-state index < -0.39 is 18.7 Å². The number of amides is 2. The van der Waals surface area contributed by atoms with E-state index in [-0.39, 0.29) is 37.2 Å². The second-order valence-corrected chi connectivity index (χ2v) is 8.19. The van der Waals surface area contributed by atoms with Crippen molar-refractivity contribution in [2.45, 2.75) is 19.2 Å². The highest BCUT2D eigenvalue weighted by Crippen LogP contribution is 2.30. The average molecular weight is 493 g/mol. The van der Waals surface area contributed by atoms with E-state index >= 15 is 0 Å². The Morgan fingerprint density at radius 2 is 2.00 bits per heavy atom. The molecule has 0 spiro atoms. The molecular weight excluding hydrogens is 473 g/mol. The maximum absolute atomic E-state index is 12.6. The van der Waals surface area contributed by atoms with Crippen LogP contribution in [0, 0.1) is 5.92 Å². The van der Waals surface area contributed by atoms with E-state index in [1.165, 1.54) is 0 Å². The molecule has 2 aromatic carbocycles. The highest BCUT2D eigenvalue weighted by atomic mass is 35.5. The second kappa shape index (κ2) is 9.86. The SMILES string of the molecule is O=C1C[C@H](C(=O)Nc2cc(-c3cccc(COCC(F)(F)F)c3)n(-c3ccccc3Cl)n2)CN1. The molecule has 2 N–H and O–H groups in total. The molecule has 0 aliphatic carbocycles. The maximum Gasteiger partial charge on any atom is 0.411 e. The molecule has 4 rings (SSSR count). The van der Waals surface area contributed by atoms with Crippen molar-refractivity contribution in [1.29, 1.82) is 0 Å². The van der Waals surface area contributed by atoms with Crippen molar-refractivity contribution in [3.05, 3.63) is 65.2 Å². The van der Waals surface area contributed by atoms with Gasteiger partial charge in [0.25, 0.3) is 0 Å². The summed E-state index contributed by atoms with van der Waals surface area (Å²) >= 11 is 6.37. The molecule has 7 nitrogen and oxygen atoms in total. The number of carbonyl (C=O) groups excluding carboxylic acids is 2. The van der Waals surface area contributed by atoms with Crippen LogP contribution in [0.1, 0.15) is 12.0 Å². The van der Waals surface area contributed by atoms with Gasteiger partial charge >= 0.3 is 6.18 Å². The van der Waals surface area contributed by atoms with Gasteiger partial charge in [-0.15, -0.1) is 5.10 Å². The Bertz CT molecular complexity index is 1210. The topological polar surface area (TPSA) is 85.2 Å². The summed E-state index contributed by atoms with van der Waals surface area (Å²) in [5.74, 6) is -0.788. The maximum atomic E-state index is 12.6. The van der Waals surface area contributed by atoms with Crippen LogP contribution in [-0.4, -0.2) is 40.9 Å². The largest absolute Gasteiger partial charge is 0.411 e. The fraction of sp³-hybridized carbons (Fsp3) is 0.261. The minimum absolute atomic E-state index is 0.101. The molecule has 0 unspecified atom stereocenters. The van der Waals surface area contributed by atoms with Gasteiger partial charge in [0.2, 0.25) is 11.8 Å². The minimum Gasteiger partial charge on any atom is -0.367 e.